The number of amides is 1. The summed E-state index contributed by atoms with van der Waals surface area (Å²) >= 11 is 0. The molecule has 0 aliphatic carbocycles. The monoisotopic (exact) mass is 498 g/mol. The van der Waals surface area contributed by atoms with Crippen LogP contribution in [0.25, 0.3) is 0 Å². The normalized spacial score (nSPS) is 12.0. The molecule has 1 aromatic heterocycles. The van der Waals surface area contributed by atoms with Crippen LogP contribution in [0, 0.1) is 5.92 Å². The number of rotatable bonds is 13. The molecule has 0 aliphatic heterocycles. The van der Waals surface area contributed by atoms with Gasteiger partial charge in [0.25, 0.3) is 12.6 Å². The third-order valence-electron chi connectivity index (χ3n) is 5.48. The molecule has 1 amide bonds. The van der Waals surface area contributed by atoms with Gasteiger partial charge in [0.05, 0.1) is 7.11 Å². The molecule has 8 heteroatoms. The number of aromatic nitrogens is 1. The van der Waals surface area contributed by atoms with Crippen molar-refractivity contribution in [2.45, 2.75) is 58.7 Å². The number of benzene rings is 1. The van der Waals surface area contributed by atoms with E-state index in [2.05, 4.69) is 26.0 Å². The minimum atomic E-state index is -0.874. The Bertz CT molecular complexity index is 1020. The van der Waals surface area contributed by atoms with Crippen LogP contribution in [0.4, 0.5) is 4.79 Å². The third-order valence-corrected chi connectivity index (χ3v) is 5.48. The number of hydrogen-bond acceptors (Lipinski definition) is 6. The van der Waals surface area contributed by atoms with Gasteiger partial charge in [-0.25, -0.2) is 4.79 Å². The van der Waals surface area contributed by atoms with Crippen molar-refractivity contribution in [2.75, 3.05) is 21.2 Å². The van der Waals surface area contributed by atoms with Crippen molar-refractivity contribution < 1.29 is 28.4 Å². The first-order valence-electron chi connectivity index (χ1n) is 12.3. The Balaban J connectivity index is 1.85. The molecule has 36 heavy (non-hydrogen) atoms. The number of methoxy groups -OCH3 is 1. The molecule has 196 valence electrons. The molecule has 2 rings (SSSR count). The largest absolute Gasteiger partial charge is 0.518 e. The Morgan fingerprint density at radius 2 is 1.92 bits per heavy atom. The highest BCUT2D eigenvalue weighted by Crippen LogP contribution is 2.29. The number of hydrogen-bond donors (Lipinski definition) is 1. The van der Waals surface area contributed by atoms with Crippen molar-refractivity contribution in [1.82, 2.24) is 4.90 Å². The quantitative estimate of drug-likeness (QED) is 0.144. The van der Waals surface area contributed by atoms with Gasteiger partial charge in [0.1, 0.15) is 5.56 Å². The van der Waals surface area contributed by atoms with E-state index in [0.717, 1.165) is 31.2 Å². The van der Waals surface area contributed by atoms with E-state index in [1.807, 2.05) is 12.1 Å². The van der Waals surface area contributed by atoms with E-state index in [4.69, 9.17) is 19.9 Å². The van der Waals surface area contributed by atoms with E-state index in [9.17, 15) is 9.59 Å². The van der Waals surface area contributed by atoms with Crippen LogP contribution < -0.4 is 19.8 Å². The Kier molecular flexibility index (Phi) is 11.9. The highest BCUT2D eigenvalue weighted by atomic mass is 16.7. The predicted molar refractivity (Wildman–Crippen MR) is 139 cm³/mol. The molecule has 0 bridgehead atoms. The van der Waals surface area contributed by atoms with Crippen molar-refractivity contribution in [3.05, 3.63) is 66.0 Å². The average molecular weight is 499 g/mol. The maximum absolute atomic E-state index is 12.3. The first-order chi connectivity index (χ1) is 17.2. The molecular formula is C28H40N3O5+. The second kappa shape index (κ2) is 14.9. The number of ether oxygens (including phenoxy) is 3. The van der Waals surface area contributed by atoms with Crippen LogP contribution >= 0.6 is 0 Å². The van der Waals surface area contributed by atoms with E-state index in [-0.39, 0.29) is 24.4 Å². The van der Waals surface area contributed by atoms with Crippen LogP contribution in [-0.4, -0.2) is 44.2 Å². The van der Waals surface area contributed by atoms with Gasteiger partial charge in [-0.3, -0.25) is 4.79 Å². The molecule has 1 unspecified atom stereocenters. The van der Waals surface area contributed by atoms with Gasteiger partial charge in [0, 0.05) is 26.2 Å². The first kappa shape index (κ1) is 28.8. The summed E-state index contributed by atoms with van der Waals surface area (Å²) in [6.07, 6.45) is 11.9. The fourth-order valence-electron chi connectivity index (χ4n) is 3.60. The zero-order valence-corrected chi connectivity index (χ0v) is 22.1. The molecule has 8 nitrogen and oxygen atoms in total. The summed E-state index contributed by atoms with van der Waals surface area (Å²) < 4.78 is 17.5. The lowest BCUT2D eigenvalue weighted by Crippen LogP contribution is -2.37. The van der Waals surface area contributed by atoms with Crippen LogP contribution in [0.2, 0.25) is 0 Å². The Labute approximate surface area is 214 Å². The number of allylic oxidation sites excluding steroid dienone is 2. The fourth-order valence-corrected chi connectivity index (χ4v) is 3.60. The number of pyridine rings is 1. The zero-order chi connectivity index (χ0) is 26.5. The first-order valence-corrected chi connectivity index (χ1v) is 12.3. The molecule has 1 atom stereocenters. The van der Waals surface area contributed by atoms with Crippen LogP contribution in [-0.2, 0) is 17.9 Å². The number of nitrogens with zero attached hydrogens (tertiary/aromatic N) is 2. The molecule has 0 radical (unpaired) electrons. The number of nitrogens with two attached hydrogens (primary N) is 1. The molecule has 2 N–H and O–H groups in total. The summed E-state index contributed by atoms with van der Waals surface area (Å²) in [4.78, 5) is 25.8. The second-order valence-corrected chi connectivity index (χ2v) is 9.34. The summed E-state index contributed by atoms with van der Waals surface area (Å²) in [6, 6.07) is 8.85. The van der Waals surface area contributed by atoms with Crippen molar-refractivity contribution in [3.8, 4) is 11.5 Å². The summed E-state index contributed by atoms with van der Waals surface area (Å²) in [5.41, 5.74) is 7.83. The zero-order valence-electron chi connectivity index (χ0n) is 22.1. The predicted octanol–water partition coefficient (Wildman–Crippen LogP) is 4.50. The standard InChI is InChI=1S/C28H40N3O5/c1-21(2)11-8-6-7-9-13-24(29)17-22-14-15-25(26(18-22)34-5)36-28(33)35-20-31-16-10-12-23(19-31)27(32)30(3)4/h8,10-12,14-16,18-19,21,24H,6-7,9,13,17,20,29H2,1-5H3/q+1/b11-8+. The van der Waals surface area contributed by atoms with Gasteiger partial charge in [-0.1, -0.05) is 38.5 Å². The fraction of sp³-hybridized carbons (Fsp3) is 0.464. The third kappa shape index (κ3) is 10.1. The van der Waals surface area contributed by atoms with E-state index < -0.39 is 6.16 Å². The SMILES string of the molecule is COc1cc(CC(N)CCCC/C=C/C(C)C)ccc1OC(=O)OC[n+]1cccc(C(=O)N(C)C)c1. The summed E-state index contributed by atoms with van der Waals surface area (Å²) in [7, 11) is 4.87. The highest BCUT2D eigenvalue weighted by Gasteiger charge is 2.17. The van der Waals surface area contributed by atoms with Crippen LogP contribution in [0.15, 0.2) is 54.9 Å². The molecule has 1 heterocycles. The van der Waals surface area contributed by atoms with Gasteiger partial charge in [0.15, 0.2) is 23.9 Å². The van der Waals surface area contributed by atoms with Gasteiger partial charge in [-0.15, -0.1) is 0 Å². The van der Waals surface area contributed by atoms with E-state index in [1.54, 1.807) is 49.3 Å². The Hall–Kier alpha value is -3.39. The van der Waals surface area contributed by atoms with Gasteiger partial charge >= 0.3 is 6.16 Å². The Morgan fingerprint density at radius 1 is 1.14 bits per heavy atom. The molecule has 0 fully saturated rings. The van der Waals surface area contributed by atoms with Crippen molar-refractivity contribution in [2.24, 2.45) is 11.7 Å². The smallest absolute Gasteiger partial charge is 0.493 e. The van der Waals surface area contributed by atoms with Crippen LogP contribution in [0.3, 0.4) is 0 Å². The minimum absolute atomic E-state index is 0.0488. The average Bonchev–Trinajstić information content (AvgIpc) is 2.85. The second-order valence-electron chi connectivity index (χ2n) is 9.34. The van der Waals surface area contributed by atoms with Gasteiger partial charge in [-0.2, -0.15) is 4.57 Å². The van der Waals surface area contributed by atoms with E-state index >= 15 is 0 Å². The molecule has 1 aromatic carbocycles. The molecule has 0 saturated carbocycles. The van der Waals surface area contributed by atoms with Crippen LogP contribution in [0.1, 0.15) is 55.5 Å². The van der Waals surface area contributed by atoms with E-state index in [0.29, 0.717) is 23.7 Å². The lowest BCUT2D eigenvalue weighted by molar-refractivity contribution is -0.727. The molecule has 2 aromatic rings. The Morgan fingerprint density at radius 3 is 2.61 bits per heavy atom. The minimum Gasteiger partial charge on any atom is -0.493 e. The van der Waals surface area contributed by atoms with E-state index in [1.165, 1.54) is 12.0 Å². The van der Waals surface area contributed by atoms with Crippen molar-refractivity contribution in [1.29, 1.82) is 0 Å². The van der Waals surface area contributed by atoms with Gasteiger partial charge in [-0.05, 0) is 55.4 Å². The van der Waals surface area contributed by atoms with Gasteiger partial charge < -0.3 is 24.8 Å². The number of carbonyl (C=O) groups excluding carboxylic acids is 2. The summed E-state index contributed by atoms with van der Waals surface area (Å²) in [6.45, 7) is 4.25. The summed E-state index contributed by atoms with van der Waals surface area (Å²) in [5, 5.41) is 0. The number of carbonyl (C=O) groups is 2. The van der Waals surface area contributed by atoms with Gasteiger partial charge in [0.2, 0.25) is 0 Å². The topological polar surface area (TPSA) is 95.0 Å². The molecule has 0 aliphatic rings. The van der Waals surface area contributed by atoms with Crippen molar-refractivity contribution in [3.63, 3.8) is 0 Å². The number of unbranched alkanes of at least 4 members (excludes halogenated alkanes) is 2. The van der Waals surface area contributed by atoms with Crippen LogP contribution in [0.5, 0.6) is 11.5 Å². The molecule has 0 spiro atoms. The lowest BCUT2D eigenvalue weighted by Gasteiger charge is -2.14. The maximum Gasteiger partial charge on any atom is 0.518 e. The summed E-state index contributed by atoms with van der Waals surface area (Å²) in [5.74, 6) is 1.14. The lowest BCUT2D eigenvalue weighted by atomic mass is 10.0. The highest BCUT2D eigenvalue weighted by molar-refractivity contribution is 5.93. The maximum atomic E-state index is 12.3. The van der Waals surface area contributed by atoms with Crippen molar-refractivity contribution >= 4 is 12.1 Å². The molecule has 0 saturated heterocycles. The molecular weight excluding hydrogens is 458 g/mol.